The van der Waals surface area contributed by atoms with Gasteiger partial charge in [0.2, 0.25) is 5.91 Å². The first-order valence-corrected chi connectivity index (χ1v) is 7.23. The second-order valence-electron chi connectivity index (χ2n) is 5.94. The number of nitrogens with zero attached hydrogens (tertiary/aromatic N) is 1. The van der Waals surface area contributed by atoms with Crippen LogP contribution >= 0.6 is 0 Å². The van der Waals surface area contributed by atoms with Gasteiger partial charge in [-0.15, -0.1) is 0 Å². The number of likely N-dealkylation sites (N-methyl/N-ethyl adjacent to an activating group) is 1. The molecule has 1 saturated heterocycles. The molecule has 1 aromatic carbocycles. The maximum atomic E-state index is 12.6. The number of carbonyl (C=O) groups excluding carboxylic acids is 1. The first-order valence-electron chi connectivity index (χ1n) is 7.23. The van der Waals surface area contributed by atoms with Crippen LogP contribution in [0.15, 0.2) is 34.7 Å². The number of furan rings is 1. The van der Waals surface area contributed by atoms with Gasteiger partial charge < -0.3 is 9.32 Å². The van der Waals surface area contributed by atoms with Crippen molar-refractivity contribution in [1.29, 1.82) is 0 Å². The van der Waals surface area contributed by atoms with E-state index in [1.807, 2.05) is 37.4 Å². The van der Waals surface area contributed by atoms with Gasteiger partial charge in [-0.3, -0.25) is 10.1 Å². The zero-order valence-corrected chi connectivity index (χ0v) is 11.6. The summed E-state index contributed by atoms with van der Waals surface area (Å²) in [6.07, 6.45) is 3.98. The van der Waals surface area contributed by atoms with Crippen LogP contribution < -0.4 is 5.32 Å². The van der Waals surface area contributed by atoms with Gasteiger partial charge in [0.1, 0.15) is 17.5 Å². The third-order valence-electron chi connectivity index (χ3n) is 4.70. The second-order valence-corrected chi connectivity index (χ2v) is 5.94. The van der Waals surface area contributed by atoms with Crippen molar-refractivity contribution >= 4 is 16.9 Å². The molecule has 2 heterocycles. The predicted molar refractivity (Wildman–Crippen MR) is 76.1 cm³/mol. The van der Waals surface area contributed by atoms with Crippen LogP contribution in [0.5, 0.6) is 0 Å². The number of carbonyl (C=O) groups is 1. The quantitative estimate of drug-likeness (QED) is 0.866. The van der Waals surface area contributed by atoms with Crippen molar-refractivity contribution in [3.63, 3.8) is 0 Å². The van der Waals surface area contributed by atoms with Gasteiger partial charge in [0.05, 0.1) is 5.54 Å². The molecule has 4 heteroatoms. The van der Waals surface area contributed by atoms with E-state index in [-0.39, 0.29) is 17.6 Å². The highest BCUT2D eigenvalue weighted by molar-refractivity contribution is 5.89. The molecule has 0 unspecified atom stereocenters. The Hall–Kier alpha value is -1.81. The maximum absolute atomic E-state index is 12.6. The van der Waals surface area contributed by atoms with Crippen LogP contribution in [-0.4, -0.2) is 23.4 Å². The number of nitrogens with one attached hydrogen (secondary N) is 1. The molecule has 0 radical (unpaired) electrons. The normalized spacial score (nSPS) is 25.1. The third-order valence-corrected chi connectivity index (χ3v) is 4.70. The van der Waals surface area contributed by atoms with E-state index in [0.717, 1.165) is 42.4 Å². The van der Waals surface area contributed by atoms with Gasteiger partial charge in [0, 0.05) is 12.4 Å². The molecule has 4 rings (SSSR count). The summed E-state index contributed by atoms with van der Waals surface area (Å²) in [6, 6.07) is 9.98. The Balaban J connectivity index is 1.73. The zero-order valence-electron chi connectivity index (χ0n) is 11.6. The average Bonchev–Trinajstić information content (AvgIpc) is 3.14. The van der Waals surface area contributed by atoms with Crippen molar-refractivity contribution < 1.29 is 9.21 Å². The summed E-state index contributed by atoms with van der Waals surface area (Å²) in [4.78, 5) is 14.3. The van der Waals surface area contributed by atoms with E-state index < -0.39 is 0 Å². The fourth-order valence-corrected chi connectivity index (χ4v) is 3.61. The number of rotatable bonds is 1. The van der Waals surface area contributed by atoms with E-state index in [1.165, 1.54) is 0 Å². The van der Waals surface area contributed by atoms with Crippen LogP contribution in [0.2, 0.25) is 0 Å². The molecular formula is C16H18N2O2. The van der Waals surface area contributed by atoms with Crippen LogP contribution in [0.1, 0.15) is 37.6 Å². The summed E-state index contributed by atoms with van der Waals surface area (Å²) < 4.78 is 5.92. The summed E-state index contributed by atoms with van der Waals surface area (Å²) in [5, 5.41) is 4.61. The Morgan fingerprint density at radius 3 is 2.80 bits per heavy atom. The lowest BCUT2D eigenvalue weighted by Gasteiger charge is -2.19. The van der Waals surface area contributed by atoms with Crippen LogP contribution in [-0.2, 0) is 4.79 Å². The van der Waals surface area contributed by atoms with Crippen molar-refractivity contribution in [2.75, 3.05) is 7.05 Å². The van der Waals surface area contributed by atoms with Gasteiger partial charge in [-0.1, -0.05) is 31.0 Å². The maximum Gasteiger partial charge on any atom is 0.244 e. The van der Waals surface area contributed by atoms with Gasteiger partial charge >= 0.3 is 0 Å². The lowest BCUT2D eigenvalue weighted by Crippen LogP contribution is -2.43. The molecule has 1 amide bonds. The SMILES string of the molecule is CN1C(=O)C2(CCCC2)N[C@@H]1c1cc2ccccc2o1. The molecule has 1 spiro atoms. The fourth-order valence-electron chi connectivity index (χ4n) is 3.61. The highest BCUT2D eigenvalue weighted by Gasteiger charge is 2.52. The Kier molecular flexibility index (Phi) is 2.45. The second kappa shape index (κ2) is 4.09. The summed E-state index contributed by atoms with van der Waals surface area (Å²) in [5.41, 5.74) is 0.524. The number of hydrogen-bond donors (Lipinski definition) is 1. The summed E-state index contributed by atoms with van der Waals surface area (Å²) in [6.45, 7) is 0. The van der Waals surface area contributed by atoms with Crippen molar-refractivity contribution in [2.45, 2.75) is 37.4 Å². The van der Waals surface area contributed by atoms with E-state index in [1.54, 1.807) is 4.90 Å². The topological polar surface area (TPSA) is 45.5 Å². The fraction of sp³-hybridized carbons (Fsp3) is 0.438. The largest absolute Gasteiger partial charge is 0.457 e. The van der Waals surface area contributed by atoms with Gasteiger partial charge in [-0.2, -0.15) is 0 Å². The van der Waals surface area contributed by atoms with Crippen molar-refractivity contribution in [1.82, 2.24) is 10.2 Å². The minimum absolute atomic E-state index is 0.145. The van der Waals surface area contributed by atoms with Crippen LogP contribution in [0.3, 0.4) is 0 Å². The van der Waals surface area contributed by atoms with Crippen LogP contribution in [0.4, 0.5) is 0 Å². The standard InChI is InChI=1S/C16H18N2O2/c1-18-14(17-16(15(18)19)8-4-5-9-16)13-10-11-6-2-3-7-12(11)20-13/h2-3,6-7,10,14,17H,4-5,8-9H2,1H3/t14-/m0/s1. The Labute approximate surface area is 117 Å². The number of fused-ring (bicyclic) bond motifs is 1. The van der Waals surface area contributed by atoms with Gasteiger partial charge in [-0.05, 0) is 25.0 Å². The average molecular weight is 270 g/mol. The smallest absolute Gasteiger partial charge is 0.244 e. The molecule has 1 atom stereocenters. The molecule has 1 aromatic heterocycles. The Morgan fingerprint density at radius 1 is 1.30 bits per heavy atom. The number of para-hydroxylation sites is 1. The molecule has 1 aliphatic heterocycles. The molecule has 2 aliphatic rings. The highest BCUT2D eigenvalue weighted by atomic mass is 16.3. The number of hydrogen-bond acceptors (Lipinski definition) is 3. The molecule has 1 saturated carbocycles. The van der Waals surface area contributed by atoms with Crippen LogP contribution in [0.25, 0.3) is 11.0 Å². The summed E-state index contributed by atoms with van der Waals surface area (Å²) in [5.74, 6) is 1.03. The van der Waals surface area contributed by atoms with E-state index in [0.29, 0.717) is 0 Å². The van der Waals surface area contributed by atoms with E-state index >= 15 is 0 Å². The van der Waals surface area contributed by atoms with Gasteiger partial charge in [-0.25, -0.2) is 0 Å². The van der Waals surface area contributed by atoms with E-state index in [9.17, 15) is 4.79 Å². The Bertz CT molecular complexity index is 637. The molecule has 2 aromatic rings. The summed E-state index contributed by atoms with van der Waals surface area (Å²) >= 11 is 0. The molecule has 104 valence electrons. The summed E-state index contributed by atoms with van der Waals surface area (Å²) in [7, 11) is 1.86. The van der Waals surface area contributed by atoms with Crippen molar-refractivity contribution in [3.05, 3.63) is 36.1 Å². The van der Waals surface area contributed by atoms with Gasteiger partial charge in [0.25, 0.3) is 0 Å². The first kappa shape index (κ1) is 12.0. The molecule has 4 nitrogen and oxygen atoms in total. The first-order chi connectivity index (χ1) is 9.70. The molecule has 2 fully saturated rings. The van der Waals surface area contributed by atoms with E-state index in [2.05, 4.69) is 5.32 Å². The highest BCUT2D eigenvalue weighted by Crippen LogP contribution is 2.40. The molecule has 1 N–H and O–H groups in total. The van der Waals surface area contributed by atoms with Crippen molar-refractivity contribution in [3.8, 4) is 0 Å². The number of amides is 1. The monoisotopic (exact) mass is 270 g/mol. The lowest BCUT2D eigenvalue weighted by atomic mass is 9.98. The third kappa shape index (κ3) is 1.54. The number of benzene rings is 1. The van der Waals surface area contributed by atoms with Crippen molar-refractivity contribution in [2.24, 2.45) is 0 Å². The minimum atomic E-state index is -0.349. The zero-order chi connectivity index (χ0) is 13.7. The molecule has 20 heavy (non-hydrogen) atoms. The predicted octanol–water partition coefficient (Wildman–Crippen LogP) is 2.81. The molecule has 1 aliphatic carbocycles. The minimum Gasteiger partial charge on any atom is -0.457 e. The van der Waals surface area contributed by atoms with Gasteiger partial charge in [0.15, 0.2) is 0 Å². The lowest BCUT2D eigenvalue weighted by molar-refractivity contribution is -0.132. The Morgan fingerprint density at radius 2 is 2.05 bits per heavy atom. The van der Waals surface area contributed by atoms with Crippen LogP contribution in [0, 0.1) is 0 Å². The molecular weight excluding hydrogens is 252 g/mol. The van der Waals surface area contributed by atoms with E-state index in [4.69, 9.17) is 4.42 Å². The molecule has 0 bridgehead atoms.